The summed E-state index contributed by atoms with van der Waals surface area (Å²) in [6.07, 6.45) is 0. The number of carbonyl (C=O) groups is 1. The highest BCUT2D eigenvalue weighted by Gasteiger charge is 2.22. The molecule has 0 fully saturated rings. The molecule has 0 aromatic heterocycles. The number of nitrogens with zero attached hydrogens (tertiary/aromatic N) is 1. The number of ether oxygens (including phenoxy) is 1. The third-order valence-electron chi connectivity index (χ3n) is 5.80. The maximum absolute atomic E-state index is 13.7. The van der Waals surface area contributed by atoms with Gasteiger partial charge in [-0.2, -0.15) is 8.42 Å². The molecule has 0 aliphatic carbocycles. The molecule has 6 nitrogen and oxygen atoms in total. The second-order valence-electron chi connectivity index (χ2n) is 9.08. The number of amides is 1. The number of carbonyl (C=O) groups excluding carboxylic acids is 1. The average molecular weight is 522 g/mol. The Kier molecular flexibility index (Phi) is 7.78. The van der Waals surface area contributed by atoms with Crippen molar-refractivity contribution in [3.05, 3.63) is 102 Å². The lowest BCUT2D eigenvalue weighted by Gasteiger charge is -2.26. The summed E-state index contributed by atoms with van der Waals surface area (Å²) in [4.78, 5) is 15.2. The van der Waals surface area contributed by atoms with Gasteiger partial charge in [-0.3, -0.25) is 4.79 Å². The molecule has 0 N–H and O–H groups in total. The number of methoxy groups -OCH3 is 1. The van der Waals surface area contributed by atoms with E-state index in [1.807, 2.05) is 56.3 Å². The van der Waals surface area contributed by atoms with Crippen LogP contribution in [0.1, 0.15) is 29.8 Å². The molecule has 0 saturated heterocycles. The van der Waals surface area contributed by atoms with Crippen LogP contribution in [0.3, 0.4) is 0 Å². The van der Waals surface area contributed by atoms with Gasteiger partial charge in [-0.15, -0.1) is 0 Å². The fraction of sp³-hybridized carbons (Fsp3) is 0.207. The molecule has 0 saturated carbocycles. The summed E-state index contributed by atoms with van der Waals surface area (Å²) in [7, 11) is -2.83. The highest BCUT2D eigenvalue weighted by atomic mass is 32.2. The Morgan fingerprint density at radius 3 is 2.32 bits per heavy atom. The standard InChI is InChI=1S/C29H28FNO5S/c1-20(2)18-31(29(32)26-10-6-8-22-7-4-5-9-25(22)26)19-21-11-16-27(35-3)28(17-21)36-37(33,34)24-14-12-23(30)13-15-24/h4-17,20H,18-19H2,1-3H3. The summed E-state index contributed by atoms with van der Waals surface area (Å²) in [5.41, 5.74) is 1.27. The molecule has 37 heavy (non-hydrogen) atoms. The van der Waals surface area contributed by atoms with E-state index in [0.29, 0.717) is 17.7 Å². The second-order valence-corrected chi connectivity index (χ2v) is 10.6. The molecule has 0 aliphatic rings. The van der Waals surface area contributed by atoms with Gasteiger partial charge in [0, 0.05) is 18.7 Å². The van der Waals surface area contributed by atoms with Crippen molar-refractivity contribution in [2.24, 2.45) is 5.92 Å². The predicted octanol–water partition coefficient (Wildman–Crippen LogP) is 6.05. The van der Waals surface area contributed by atoms with Crippen molar-refractivity contribution in [3.63, 3.8) is 0 Å². The molecule has 0 atom stereocenters. The molecule has 4 rings (SSSR count). The molecule has 0 radical (unpaired) electrons. The Hall–Kier alpha value is -3.91. The lowest BCUT2D eigenvalue weighted by molar-refractivity contribution is 0.0724. The minimum absolute atomic E-state index is 0.0218. The molecule has 0 unspecified atom stereocenters. The number of fused-ring (bicyclic) bond motifs is 1. The van der Waals surface area contributed by atoms with E-state index in [0.717, 1.165) is 35.0 Å². The van der Waals surface area contributed by atoms with Crippen LogP contribution < -0.4 is 8.92 Å². The monoisotopic (exact) mass is 521 g/mol. The smallest absolute Gasteiger partial charge is 0.339 e. The molecule has 0 heterocycles. The first-order valence-corrected chi connectivity index (χ1v) is 13.2. The first-order chi connectivity index (χ1) is 17.7. The van der Waals surface area contributed by atoms with E-state index in [2.05, 4.69) is 0 Å². The van der Waals surface area contributed by atoms with Gasteiger partial charge in [0.1, 0.15) is 10.7 Å². The molecule has 0 aliphatic heterocycles. The lowest BCUT2D eigenvalue weighted by atomic mass is 10.0. The van der Waals surface area contributed by atoms with E-state index >= 15 is 0 Å². The zero-order chi connectivity index (χ0) is 26.6. The fourth-order valence-electron chi connectivity index (χ4n) is 4.11. The third kappa shape index (κ3) is 6.09. The maximum atomic E-state index is 13.7. The van der Waals surface area contributed by atoms with Gasteiger partial charge in [0.05, 0.1) is 7.11 Å². The van der Waals surface area contributed by atoms with Gasteiger partial charge in [-0.1, -0.05) is 56.3 Å². The van der Waals surface area contributed by atoms with Gasteiger partial charge in [0.2, 0.25) is 0 Å². The van der Waals surface area contributed by atoms with Gasteiger partial charge in [-0.05, 0) is 64.7 Å². The Morgan fingerprint density at radius 1 is 0.919 bits per heavy atom. The minimum Gasteiger partial charge on any atom is -0.493 e. The van der Waals surface area contributed by atoms with Crippen molar-refractivity contribution in [2.75, 3.05) is 13.7 Å². The molecule has 0 bridgehead atoms. The van der Waals surface area contributed by atoms with Crippen LogP contribution >= 0.6 is 0 Å². The number of halogens is 1. The Bertz CT molecular complexity index is 1510. The second kappa shape index (κ2) is 11.0. The van der Waals surface area contributed by atoms with Crippen molar-refractivity contribution in [2.45, 2.75) is 25.3 Å². The van der Waals surface area contributed by atoms with Crippen molar-refractivity contribution in [1.29, 1.82) is 0 Å². The Balaban J connectivity index is 1.66. The van der Waals surface area contributed by atoms with Crippen LogP contribution in [-0.2, 0) is 16.7 Å². The molecule has 0 spiro atoms. The molecular formula is C29H28FNO5S. The van der Waals surface area contributed by atoms with Gasteiger partial charge in [-0.25, -0.2) is 4.39 Å². The highest BCUT2D eigenvalue weighted by molar-refractivity contribution is 7.87. The van der Waals surface area contributed by atoms with Crippen LogP contribution in [0.4, 0.5) is 4.39 Å². The third-order valence-corrected chi connectivity index (χ3v) is 7.04. The zero-order valence-electron chi connectivity index (χ0n) is 20.8. The zero-order valence-corrected chi connectivity index (χ0v) is 21.7. The average Bonchev–Trinajstić information content (AvgIpc) is 2.87. The van der Waals surface area contributed by atoms with Crippen LogP contribution in [0.15, 0.2) is 89.8 Å². The van der Waals surface area contributed by atoms with Gasteiger partial charge in [0.15, 0.2) is 11.5 Å². The normalized spacial score (nSPS) is 11.5. The van der Waals surface area contributed by atoms with E-state index in [9.17, 15) is 17.6 Å². The first kappa shape index (κ1) is 26.2. The van der Waals surface area contributed by atoms with Crippen LogP contribution in [0, 0.1) is 11.7 Å². The SMILES string of the molecule is COc1ccc(CN(CC(C)C)C(=O)c2cccc3ccccc23)cc1OS(=O)(=O)c1ccc(F)cc1. The summed E-state index contributed by atoms with van der Waals surface area (Å²) in [6.45, 7) is 4.79. The van der Waals surface area contributed by atoms with E-state index in [4.69, 9.17) is 8.92 Å². The largest absolute Gasteiger partial charge is 0.493 e. The lowest BCUT2D eigenvalue weighted by Crippen LogP contribution is -2.34. The summed E-state index contributed by atoms with van der Waals surface area (Å²) < 4.78 is 49.6. The van der Waals surface area contributed by atoms with E-state index in [1.54, 1.807) is 23.1 Å². The fourth-order valence-corrected chi connectivity index (χ4v) is 5.05. The number of hydrogen-bond donors (Lipinski definition) is 0. The topological polar surface area (TPSA) is 72.9 Å². The Labute approximate surface area is 216 Å². The summed E-state index contributed by atoms with van der Waals surface area (Å²) in [6, 6.07) is 22.6. The minimum atomic E-state index is -4.24. The summed E-state index contributed by atoms with van der Waals surface area (Å²) in [5.74, 6) is -0.286. The van der Waals surface area contributed by atoms with Crippen molar-refractivity contribution in [3.8, 4) is 11.5 Å². The quantitative estimate of drug-likeness (QED) is 0.251. The summed E-state index contributed by atoms with van der Waals surface area (Å²) in [5, 5.41) is 1.84. The predicted molar refractivity (Wildman–Crippen MR) is 141 cm³/mol. The van der Waals surface area contributed by atoms with Gasteiger partial charge >= 0.3 is 10.1 Å². The van der Waals surface area contributed by atoms with Crippen molar-refractivity contribution >= 4 is 26.8 Å². The van der Waals surface area contributed by atoms with Crippen molar-refractivity contribution < 1.29 is 26.5 Å². The van der Waals surface area contributed by atoms with E-state index in [-0.39, 0.29) is 34.8 Å². The number of hydrogen-bond acceptors (Lipinski definition) is 5. The van der Waals surface area contributed by atoms with Crippen LogP contribution in [0.2, 0.25) is 0 Å². The molecular weight excluding hydrogens is 493 g/mol. The molecule has 4 aromatic carbocycles. The van der Waals surface area contributed by atoms with Crippen LogP contribution in [-0.4, -0.2) is 32.9 Å². The van der Waals surface area contributed by atoms with Crippen LogP contribution in [0.5, 0.6) is 11.5 Å². The molecule has 1 amide bonds. The molecule has 8 heteroatoms. The number of rotatable bonds is 9. The maximum Gasteiger partial charge on any atom is 0.339 e. The van der Waals surface area contributed by atoms with Crippen LogP contribution in [0.25, 0.3) is 10.8 Å². The highest BCUT2D eigenvalue weighted by Crippen LogP contribution is 2.32. The summed E-state index contributed by atoms with van der Waals surface area (Å²) >= 11 is 0. The Morgan fingerprint density at radius 2 is 1.62 bits per heavy atom. The van der Waals surface area contributed by atoms with E-state index in [1.165, 1.54) is 7.11 Å². The number of benzene rings is 4. The van der Waals surface area contributed by atoms with Gasteiger partial charge < -0.3 is 13.8 Å². The van der Waals surface area contributed by atoms with Gasteiger partial charge in [0.25, 0.3) is 5.91 Å². The first-order valence-electron chi connectivity index (χ1n) is 11.8. The van der Waals surface area contributed by atoms with E-state index < -0.39 is 15.9 Å². The molecule has 192 valence electrons. The molecule has 4 aromatic rings. The van der Waals surface area contributed by atoms with Crippen molar-refractivity contribution in [1.82, 2.24) is 4.90 Å².